The van der Waals surface area contributed by atoms with Crippen LogP contribution >= 0.6 is 11.8 Å². The minimum atomic E-state index is -0.929. The summed E-state index contributed by atoms with van der Waals surface area (Å²) in [5.74, 6) is -1.78. The predicted molar refractivity (Wildman–Crippen MR) is 155 cm³/mol. The SMILES string of the molecule is CN1CC=C[C@@]2(C)S[C@]34C=CCN(Cc5ccccc5)C(=O)C3N([C@@H](CO)Cc3ccccc3)C(=O)[C@@H]4[C@H]2C1=O. The van der Waals surface area contributed by atoms with Gasteiger partial charge in [-0.1, -0.05) is 85.0 Å². The van der Waals surface area contributed by atoms with Crippen molar-refractivity contribution < 1.29 is 19.5 Å². The lowest BCUT2D eigenvalue weighted by Gasteiger charge is -2.40. The number of benzene rings is 2. The van der Waals surface area contributed by atoms with Gasteiger partial charge < -0.3 is 19.8 Å². The largest absolute Gasteiger partial charge is 0.394 e. The summed E-state index contributed by atoms with van der Waals surface area (Å²) in [5, 5.41) is 10.7. The molecule has 0 radical (unpaired) electrons. The summed E-state index contributed by atoms with van der Waals surface area (Å²) in [6.07, 6.45) is 8.50. The number of rotatable bonds is 6. The van der Waals surface area contributed by atoms with Crippen molar-refractivity contribution in [1.29, 1.82) is 0 Å². The lowest BCUT2D eigenvalue weighted by molar-refractivity contribution is -0.147. The van der Waals surface area contributed by atoms with E-state index in [1.807, 2.05) is 85.8 Å². The van der Waals surface area contributed by atoms with Crippen LogP contribution in [0.2, 0.25) is 0 Å². The van der Waals surface area contributed by atoms with Crippen molar-refractivity contribution in [2.24, 2.45) is 11.8 Å². The average Bonchev–Trinajstić information content (AvgIpc) is 3.25. The van der Waals surface area contributed by atoms with Gasteiger partial charge in [-0.2, -0.15) is 0 Å². The molecule has 8 heteroatoms. The second-order valence-electron chi connectivity index (χ2n) is 11.5. The van der Waals surface area contributed by atoms with Crippen LogP contribution in [0.25, 0.3) is 0 Å². The molecule has 1 spiro atoms. The van der Waals surface area contributed by atoms with Crippen LogP contribution in [0.4, 0.5) is 0 Å². The molecule has 0 saturated carbocycles. The first-order chi connectivity index (χ1) is 19.3. The molecule has 6 atom stereocenters. The van der Waals surface area contributed by atoms with E-state index in [1.54, 1.807) is 33.5 Å². The van der Waals surface area contributed by atoms with E-state index < -0.39 is 33.4 Å². The van der Waals surface area contributed by atoms with E-state index in [4.69, 9.17) is 0 Å². The van der Waals surface area contributed by atoms with Gasteiger partial charge in [0, 0.05) is 31.4 Å². The Hall–Kier alpha value is -3.36. The van der Waals surface area contributed by atoms with Gasteiger partial charge in [0.2, 0.25) is 17.7 Å². The third-order valence-electron chi connectivity index (χ3n) is 8.91. The molecular formula is C32H35N3O4S. The summed E-state index contributed by atoms with van der Waals surface area (Å²) < 4.78 is -1.57. The molecular weight excluding hydrogens is 522 g/mol. The summed E-state index contributed by atoms with van der Waals surface area (Å²) >= 11 is 1.57. The lowest BCUT2D eigenvalue weighted by Crippen LogP contribution is -2.57. The number of hydrogen-bond acceptors (Lipinski definition) is 5. The molecule has 40 heavy (non-hydrogen) atoms. The molecule has 2 aromatic carbocycles. The Labute approximate surface area is 239 Å². The topological polar surface area (TPSA) is 81.2 Å². The number of aliphatic hydroxyl groups is 1. The van der Waals surface area contributed by atoms with Crippen LogP contribution in [0.15, 0.2) is 85.0 Å². The Morgan fingerprint density at radius 3 is 2.20 bits per heavy atom. The van der Waals surface area contributed by atoms with Crippen molar-refractivity contribution in [3.63, 3.8) is 0 Å². The second-order valence-corrected chi connectivity index (χ2v) is 13.3. The number of thioether (sulfide) groups is 1. The molecule has 7 nitrogen and oxygen atoms in total. The number of nitrogens with zero attached hydrogens (tertiary/aromatic N) is 3. The highest BCUT2D eigenvalue weighted by molar-refractivity contribution is 8.02. The van der Waals surface area contributed by atoms with Gasteiger partial charge in [-0.05, 0) is 24.5 Å². The first kappa shape index (κ1) is 26.8. The second kappa shape index (κ2) is 10.2. The quantitative estimate of drug-likeness (QED) is 0.553. The minimum Gasteiger partial charge on any atom is -0.394 e. The van der Waals surface area contributed by atoms with Crippen LogP contribution < -0.4 is 0 Å². The normalized spacial score (nSPS) is 32.0. The van der Waals surface area contributed by atoms with Crippen molar-refractivity contribution in [2.75, 3.05) is 26.7 Å². The van der Waals surface area contributed by atoms with Gasteiger partial charge in [-0.15, -0.1) is 11.8 Å². The molecule has 0 aliphatic carbocycles. The predicted octanol–water partition coefficient (Wildman–Crippen LogP) is 2.90. The molecule has 3 amide bonds. The van der Waals surface area contributed by atoms with Crippen LogP contribution in [0.1, 0.15) is 18.1 Å². The van der Waals surface area contributed by atoms with E-state index in [0.717, 1.165) is 11.1 Å². The highest BCUT2D eigenvalue weighted by Crippen LogP contribution is 2.65. The Morgan fingerprint density at radius 2 is 1.52 bits per heavy atom. The van der Waals surface area contributed by atoms with E-state index in [9.17, 15) is 19.5 Å². The summed E-state index contributed by atoms with van der Waals surface area (Å²) in [7, 11) is 1.77. The number of carbonyl (C=O) groups excluding carboxylic acids is 3. The van der Waals surface area contributed by atoms with Crippen molar-refractivity contribution in [3.05, 3.63) is 96.1 Å². The number of likely N-dealkylation sites (tertiary alicyclic amines) is 1. The maximum absolute atomic E-state index is 14.6. The number of aliphatic hydroxyl groups excluding tert-OH is 1. The molecule has 4 heterocycles. The molecule has 0 bridgehead atoms. The maximum Gasteiger partial charge on any atom is 0.247 e. The molecule has 1 N–H and O–H groups in total. The van der Waals surface area contributed by atoms with E-state index in [-0.39, 0.29) is 24.3 Å². The Kier molecular flexibility index (Phi) is 6.87. The molecule has 6 rings (SSSR count). The molecule has 1 unspecified atom stereocenters. The van der Waals surface area contributed by atoms with E-state index in [1.165, 1.54) is 0 Å². The first-order valence-electron chi connectivity index (χ1n) is 13.9. The van der Waals surface area contributed by atoms with E-state index in [0.29, 0.717) is 26.1 Å². The number of carbonyl (C=O) groups is 3. The zero-order chi connectivity index (χ0) is 28.1. The highest BCUT2D eigenvalue weighted by Gasteiger charge is 2.74. The molecule has 4 aliphatic heterocycles. The molecule has 208 valence electrons. The molecule has 2 aromatic rings. The van der Waals surface area contributed by atoms with Crippen LogP contribution in [-0.4, -0.2) is 85.8 Å². The summed E-state index contributed by atoms with van der Waals surface area (Å²) in [6.45, 7) is 3.05. The minimum absolute atomic E-state index is 0.0781. The fraction of sp³-hybridized carbons (Fsp3) is 0.406. The average molecular weight is 558 g/mol. The van der Waals surface area contributed by atoms with Crippen molar-refractivity contribution in [2.45, 2.75) is 41.5 Å². The number of amides is 3. The van der Waals surface area contributed by atoms with Gasteiger partial charge in [0.15, 0.2) is 0 Å². The third-order valence-corrected chi connectivity index (χ3v) is 10.7. The standard InChI is InChI=1S/C32H35N3O4S/c1-31-15-9-17-33(2)28(37)25(31)26-29(38)35(24(21-36)19-22-11-5-3-6-12-22)27-30(39)34(18-10-16-32(26,27)40-31)20-23-13-7-4-8-14-23/h3-16,24-27,36H,17-21H2,1-2H3/t24-,25+,26+,27?,31-,32+/m1/s1. The van der Waals surface area contributed by atoms with Gasteiger partial charge in [-0.25, -0.2) is 0 Å². The van der Waals surface area contributed by atoms with Crippen LogP contribution in [0, 0.1) is 11.8 Å². The number of likely N-dealkylation sites (N-methyl/N-ethyl adjacent to an activating group) is 1. The van der Waals surface area contributed by atoms with Crippen molar-refractivity contribution >= 4 is 29.5 Å². The smallest absolute Gasteiger partial charge is 0.247 e. The lowest BCUT2D eigenvalue weighted by atomic mass is 9.74. The van der Waals surface area contributed by atoms with Gasteiger partial charge in [-0.3, -0.25) is 14.4 Å². The van der Waals surface area contributed by atoms with Gasteiger partial charge in [0.1, 0.15) is 6.04 Å². The molecule has 2 fully saturated rings. The van der Waals surface area contributed by atoms with Gasteiger partial charge in [0.05, 0.1) is 29.2 Å². The monoisotopic (exact) mass is 557 g/mol. The zero-order valence-corrected chi connectivity index (χ0v) is 23.7. The summed E-state index contributed by atoms with van der Waals surface area (Å²) in [4.78, 5) is 48.2. The number of hydrogen-bond donors (Lipinski definition) is 1. The van der Waals surface area contributed by atoms with Crippen LogP contribution in [0.3, 0.4) is 0 Å². The Bertz CT molecular complexity index is 1360. The van der Waals surface area contributed by atoms with Gasteiger partial charge in [0.25, 0.3) is 0 Å². The van der Waals surface area contributed by atoms with Crippen LogP contribution in [0.5, 0.6) is 0 Å². The summed E-state index contributed by atoms with van der Waals surface area (Å²) in [6, 6.07) is 18.1. The van der Waals surface area contributed by atoms with Crippen molar-refractivity contribution in [3.8, 4) is 0 Å². The molecule has 2 saturated heterocycles. The fourth-order valence-corrected chi connectivity index (χ4v) is 9.25. The fourth-order valence-electron chi connectivity index (χ4n) is 7.11. The third kappa shape index (κ3) is 4.20. The maximum atomic E-state index is 14.6. The van der Waals surface area contributed by atoms with Gasteiger partial charge >= 0.3 is 0 Å². The van der Waals surface area contributed by atoms with Crippen molar-refractivity contribution in [1.82, 2.24) is 14.7 Å². The molecule has 4 aliphatic rings. The van der Waals surface area contributed by atoms with E-state index >= 15 is 0 Å². The number of fused-ring (bicyclic) bond motifs is 2. The van der Waals surface area contributed by atoms with Crippen LogP contribution in [-0.2, 0) is 27.3 Å². The first-order valence-corrected chi connectivity index (χ1v) is 14.7. The zero-order valence-electron chi connectivity index (χ0n) is 22.8. The molecule has 0 aromatic heterocycles. The summed E-state index contributed by atoms with van der Waals surface area (Å²) in [5.41, 5.74) is 1.98. The Morgan fingerprint density at radius 1 is 0.875 bits per heavy atom. The Balaban J connectivity index is 1.47. The van der Waals surface area contributed by atoms with E-state index in [2.05, 4.69) is 6.08 Å². The highest BCUT2D eigenvalue weighted by atomic mass is 32.2.